The van der Waals surface area contributed by atoms with Gasteiger partial charge in [0.05, 0.1) is 13.2 Å². The third-order valence-corrected chi connectivity index (χ3v) is 0.899. The van der Waals surface area contributed by atoms with Crippen LogP contribution in [0.4, 0.5) is 0 Å². The van der Waals surface area contributed by atoms with Crippen molar-refractivity contribution in [3.8, 4) is 0 Å². The second kappa shape index (κ2) is 5.58. The summed E-state index contributed by atoms with van der Waals surface area (Å²) in [5.74, 6) is 0. The molecule has 4 heteroatoms. The zero-order valence-electron chi connectivity index (χ0n) is 6.59. The molecule has 0 N–H and O–H groups in total. The summed E-state index contributed by atoms with van der Waals surface area (Å²) in [5, 5.41) is 1.26. The molecule has 0 aromatic heterocycles. The molecular formula is C6H13NO2S. The summed E-state index contributed by atoms with van der Waals surface area (Å²) in [6.45, 7) is 6.64. The second-order valence-corrected chi connectivity index (χ2v) is 2.20. The molecule has 0 radical (unpaired) electrons. The molecular weight excluding hydrogens is 150 g/mol. The number of hydroxylamine groups is 2. The second-order valence-electron chi connectivity index (χ2n) is 1.61. The van der Waals surface area contributed by atoms with Crippen molar-refractivity contribution in [2.45, 2.75) is 20.8 Å². The number of hydrogen-bond acceptors (Lipinski definition) is 3. The minimum absolute atomic E-state index is 0.563. The van der Waals surface area contributed by atoms with Gasteiger partial charge in [-0.15, -0.1) is 5.23 Å². The maximum atomic E-state index is 5.01. The molecule has 10 heavy (non-hydrogen) atoms. The number of hydrogen-bond donors (Lipinski definition) is 0. The number of nitrogens with zero attached hydrogens (tertiary/aromatic N) is 1. The Morgan fingerprint density at radius 3 is 1.90 bits per heavy atom. The fourth-order valence-corrected chi connectivity index (χ4v) is 0.559. The van der Waals surface area contributed by atoms with Gasteiger partial charge in [0.25, 0.3) is 0 Å². The topological polar surface area (TPSA) is 21.7 Å². The van der Waals surface area contributed by atoms with Crippen molar-refractivity contribution in [3.63, 3.8) is 0 Å². The fraction of sp³-hybridized carbons (Fsp3) is 0.833. The molecule has 0 saturated heterocycles. The first-order valence-corrected chi connectivity index (χ1v) is 3.69. The Labute approximate surface area is 66.8 Å². The van der Waals surface area contributed by atoms with Crippen molar-refractivity contribution >= 4 is 17.2 Å². The van der Waals surface area contributed by atoms with E-state index in [1.54, 1.807) is 6.92 Å². The quantitative estimate of drug-likeness (QED) is 0.463. The van der Waals surface area contributed by atoms with E-state index in [4.69, 9.17) is 21.9 Å². The van der Waals surface area contributed by atoms with Crippen molar-refractivity contribution in [2.75, 3.05) is 13.2 Å². The Morgan fingerprint density at radius 1 is 1.30 bits per heavy atom. The van der Waals surface area contributed by atoms with Gasteiger partial charge in [-0.25, -0.2) is 9.68 Å². The SMILES string of the molecule is CCON(OCC)C(C)=S. The lowest BCUT2D eigenvalue weighted by Gasteiger charge is -2.18. The highest BCUT2D eigenvalue weighted by molar-refractivity contribution is 7.80. The van der Waals surface area contributed by atoms with E-state index in [-0.39, 0.29) is 0 Å². The lowest BCUT2D eigenvalue weighted by atomic mass is 10.8. The van der Waals surface area contributed by atoms with Gasteiger partial charge in [-0.1, -0.05) is 12.2 Å². The Morgan fingerprint density at radius 2 is 1.70 bits per heavy atom. The van der Waals surface area contributed by atoms with Crippen molar-refractivity contribution in [2.24, 2.45) is 0 Å². The molecule has 0 atom stereocenters. The van der Waals surface area contributed by atoms with Crippen LogP contribution < -0.4 is 0 Å². The summed E-state index contributed by atoms with van der Waals surface area (Å²) in [4.78, 5) is 10.6. The summed E-state index contributed by atoms with van der Waals surface area (Å²) < 4.78 is 0. The smallest absolute Gasteiger partial charge is 0.131 e. The standard InChI is InChI=1S/C6H13NO2S/c1-4-8-7(6(3)10)9-5-2/h4-5H2,1-3H3. The van der Waals surface area contributed by atoms with Crippen molar-refractivity contribution in [3.05, 3.63) is 0 Å². The van der Waals surface area contributed by atoms with E-state index in [2.05, 4.69) is 0 Å². The van der Waals surface area contributed by atoms with Crippen LogP contribution >= 0.6 is 12.2 Å². The normalized spacial score (nSPS) is 9.50. The highest BCUT2D eigenvalue weighted by Crippen LogP contribution is 1.94. The molecule has 0 fully saturated rings. The molecule has 0 saturated carbocycles. The van der Waals surface area contributed by atoms with Crippen LogP contribution in [-0.2, 0) is 9.68 Å². The van der Waals surface area contributed by atoms with Crippen LogP contribution in [0, 0.1) is 0 Å². The molecule has 0 aliphatic heterocycles. The van der Waals surface area contributed by atoms with Gasteiger partial charge in [0.1, 0.15) is 4.99 Å². The first-order chi connectivity index (χ1) is 4.72. The van der Waals surface area contributed by atoms with E-state index >= 15 is 0 Å². The summed E-state index contributed by atoms with van der Waals surface area (Å²) in [7, 11) is 0. The van der Waals surface area contributed by atoms with Gasteiger partial charge in [-0.2, -0.15) is 0 Å². The van der Waals surface area contributed by atoms with Crippen LogP contribution in [0.25, 0.3) is 0 Å². The van der Waals surface area contributed by atoms with Crippen molar-refractivity contribution in [1.29, 1.82) is 0 Å². The fourth-order valence-electron chi connectivity index (χ4n) is 0.454. The van der Waals surface area contributed by atoms with Crippen molar-refractivity contribution in [1.82, 2.24) is 5.23 Å². The molecule has 0 aliphatic carbocycles. The molecule has 0 unspecified atom stereocenters. The lowest BCUT2D eigenvalue weighted by molar-refractivity contribution is -0.311. The maximum absolute atomic E-state index is 5.01. The highest BCUT2D eigenvalue weighted by atomic mass is 32.1. The Balaban J connectivity index is 3.61. The van der Waals surface area contributed by atoms with Crippen LogP contribution in [0.1, 0.15) is 20.8 Å². The molecule has 60 valence electrons. The van der Waals surface area contributed by atoms with E-state index in [1.807, 2.05) is 13.8 Å². The third-order valence-electron chi connectivity index (χ3n) is 0.750. The molecule has 0 aliphatic rings. The van der Waals surface area contributed by atoms with Gasteiger partial charge in [-0.3, -0.25) is 0 Å². The average molecular weight is 163 g/mol. The van der Waals surface area contributed by atoms with Gasteiger partial charge >= 0.3 is 0 Å². The molecule has 0 rings (SSSR count). The predicted octanol–water partition coefficient (Wildman–Crippen LogP) is 1.54. The molecule has 0 spiro atoms. The molecule has 0 heterocycles. The van der Waals surface area contributed by atoms with E-state index in [0.717, 1.165) is 0 Å². The van der Waals surface area contributed by atoms with Gasteiger partial charge < -0.3 is 0 Å². The molecule has 0 amide bonds. The van der Waals surface area contributed by atoms with E-state index in [9.17, 15) is 0 Å². The molecule has 0 aromatic carbocycles. The van der Waals surface area contributed by atoms with E-state index in [0.29, 0.717) is 18.2 Å². The first-order valence-electron chi connectivity index (χ1n) is 3.28. The number of thiocarbonyl (C=S) groups is 1. The van der Waals surface area contributed by atoms with Crippen LogP contribution in [0.15, 0.2) is 0 Å². The third kappa shape index (κ3) is 3.76. The summed E-state index contributed by atoms with van der Waals surface area (Å²) in [6.07, 6.45) is 0. The van der Waals surface area contributed by atoms with Gasteiger partial charge in [0, 0.05) is 0 Å². The number of rotatable bonds is 4. The largest absolute Gasteiger partial charge is 0.248 e. The Kier molecular flexibility index (Phi) is 5.48. The van der Waals surface area contributed by atoms with Gasteiger partial charge in [0.2, 0.25) is 0 Å². The summed E-state index contributed by atoms with van der Waals surface area (Å²) >= 11 is 4.82. The van der Waals surface area contributed by atoms with Gasteiger partial charge in [0.15, 0.2) is 0 Å². The van der Waals surface area contributed by atoms with Crippen LogP contribution in [0.5, 0.6) is 0 Å². The predicted molar refractivity (Wildman–Crippen MR) is 43.4 cm³/mol. The zero-order chi connectivity index (χ0) is 7.98. The zero-order valence-corrected chi connectivity index (χ0v) is 7.40. The molecule has 3 nitrogen and oxygen atoms in total. The first kappa shape index (κ1) is 9.81. The van der Waals surface area contributed by atoms with Gasteiger partial charge in [-0.05, 0) is 20.8 Å². The maximum Gasteiger partial charge on any atom is 0.131 e. The van der Waals surface area contributed by atoms with Crippen molar-refractivity contribution < 1.29 is 9.68 Å². The molecule has 0 bridgehead atoms. The summed E-state index contributed by atoms with van der Waals surface area (Å²) in [6, 6.07) is 0. The van der Waals surface area contributed by atoms with E-state index in [1.165, 1.54) is 5.23 Å². The highest BCUT2D eigenvalue weighted by Gasteiger charge is 2.02. The average Bonchev–Trinajstić information content (AvgIpc) is 1.87. The Hall–Kier alpha value is -0.190. The monoisotopic (exact) mass is 163 g/mol. The van der Waals surface area contributed by atoms with E-state index < -0.39 is 0 Å². The van der Waals surface area contributed by atoms with Crippen LogP contribution in [-0.4, -0.2) is 23.4 Å². The minimum atomic E-state index is 0.563. The lowest BCUT2D eigenvalue weighted by Crippen LogP contribution is -2.27. The van der Waals surface area contributed by atoms with Crippen LogP contribution in [0.3, 0.4) is 0 Å². The van der Waals surface area contributed by atoms with Crippen LogP contribution in [0.2, 0.25) is 0 Å². The minimum Gasteiger partial charge on any atom is -0.248 e. The molecule has 0 aromatic rings. The Bertz CT molecular complexity index is 102. The summed E-state index contributed by atoms with van der Waals surface area (Å²) in [5.41, 5.74) is 0.